The van der Waals surface area contributed by atoms with Crippen molar-refractivity contribution in [2.75, 3.05) is 16.8 Å². The lowest BCUT2D eigenvalue weighted by Gasteiger charge is -2.17. The Morgan fingerprint density at radius 2 is 1.96 bits per heavy atom. The van der Waals surface area contributed by atoms with Crippen molar-refractivity contribution in [1.29, 1.82) is 0 Å². The van der Waals surface area contributed by atoms with Crippen molar-refractivity contribution in [2.45, 2.75) is 26.7 Å². The number of anilines is 2. The predicted molar refractivity (Wildman–Crippen MR) is 103 cm³/mol. The van der Waals surface area contributed by atoms with E-state index in [4.69, 9.17) is 0 Å². The smallest absolute Gasteiger partial charge is 0.274 e. The van der Waals surface area contributed by atoms with Gasteiger partial charge in [-0.05, 0) is 37.1 Å². The molecule has 1 aliphatic rings. The summed E-state index contributed by atoms with van der Waals surface area (Å²) in [7, 11) is 0. The Kier molecular flexibility index (Phi) is 5.21. The number of hydrogen-bond acceptors (Lipinski definition) is 4. The van der Waals surface area contributed by atoms with Crippen LogP contribution in [0.15, 0.2) is 42.5 Å². The molecule has 1 N–H and O–H groups in total. The molecule has 0 aromatic heterocycles. The number of hydrogen-bond donors (Lipinski definition) is 1. The van der Waals surface area contributed by atoms with Gasteiger partial charge in [0.1, 0.15) is 0 Å². The van der Waals surface area contributed by atoms with E-state index < -0.39 is 10.8 Å². The number of nitrogens with one attached hydrogen (secondary N) is 1. The van der Waals surface area contributed by atoms with E-state index in [1.807, 2.05) is 24.3 Å². The molecule has 1 heterocycles. The van der Waals surface area contributed by atoms with Gasteiger partial charge in [-0.25, -0.2) is 0 Å². The van der Waals surface area contributed by atoms with Crippen LogP contribution in [-0.4, -0.2) is 23.3 Å². The molecule has 1 atom stereocenters. The van der Waals surface area contributed by atoms with E-state index in [2.05, 4.69) is 12.2 Å². The first kappa shape index (κ1) is 18.6. The number of nitro benzene ring substituents is 1. The highest BCUT2D eigenvalue weighted by molar-refractivity contribution is 6.03. The molecule has 0 aliphatic carbocycles. The Morgan fingerprint density at radius 1 is 1.26 bits per heavy atom. The van der Waals surface area contributed by atoms with E-state index >= 15 is 0 Å². The zero-order chi connectivity index (χ0) is 19.6. The Hall–Kier alpha value is -3.22. The average Bonchev–Trinajstić information content (AvgIpc) is 3.04. The Morgan fingerprint density at radius 3 is 2.59 bits per heavy atom. The van der Waals surface area contributed by atoms with Gasteiger partial charge in [-0.2, -0.15) is 0 Å². The molecule has 0 saturated carbocycles. The van der Waals surface area contributed by atoms with Gasteiger partial charge in [0.05, 0.1) is 16.5 Å². The minimum Gasteiger partial charge on any atom is -0.326 e. The lowest BCUT2D eigenvalue weighted by Crippen LogP contribution is -2.28. The van der Waals surface area contributed by atoms with Crippen LogP contribution in [0.4, 0.5) is 17.1 Å². The SMILES string of the molecule is CCc1ccc(NC(=O)[C@H]2CC(=O)N(c3ccc(C)c([N+](=O)[O-])c3)C2)cc1. The Balaban J connectivity index is 1.72. The molecule has 0 unspecified atom stereocenters. The summed E-state index contributed by atoms with van der Waals surface area (Å²) in [5.41, 5.74) is 2.80. The summed E-state index contributed by atoms with van der Waals surface area (Å²) in [6.07, 6.45) is 1.00. The number of carbonyl (C=O) groups excluding carboxylic acids is 2. The highest BCUT2D eigenvalue weighted by Crippen LogP contribution is 2.30. The van der Waals surface area contributed by atoms with Crippen molar-refractivity contribution in [3.8, 4) is 0 Å². The minimum absolute atomic E-state index is 0.0378. The van der Waals surface area contributed by atoms with Crippen LogP contribution in [0.3, 0.4) is 0 Å². The van der Waals surface area contributed by atoms with Crippen LogP contribution in [0.2, 0.25) is 0 Å². The third-order valence-electron chi connectivity index (χ3n) is 4.83. The summed E-state index contributed by atoms with van der Waals surface area (Å²) in [6, 6.07) is 12.3. The van der Waals surface area contributed by atoms with Crippen LogP contribution in [-0.2, 0) is 16.0 Å². The molecule has 1 fully saturated rings. The van der Waals surface area contributed by atoms with Crippen LogP contribution in [0.5, 0.6) is 0 Å². The van der Waals surface area contributed by atoms with Crippen molar-refractivity contribution in [3.05, 3.63) is 63.7 Å². The van der Waals surface area contributed by atoms with Gasteiger partial charge in [-0.3, -0.25) is 19.7 Å². The van der Waals surface area contributed by atoms with Crippen LogP contribution in [0, 0.1) is 23.0 Å². The van der Waals surface area contributed by atoms with Gasteiger partial charge in [0.2, 0.25) is 11.8 Å². The standard InChI is InChI=1S/C20H21N3O4/c1-3-14-5-7-16(8-6-14)21-20(25)15-10-19(24)22(12-15)17-9-4-13(2)18(11-17)23(26)27/h4-9,11,15H,3,10,12H2,1-2H3,(H,21,25)/t15-/m0/s1. The van der Waals surface area contributed by atoms with E-state index in [-0.39, 0.29) is 30.5 Å². The maximum Gasteiger partial charge on any atom is 0.274 e. The van der Waals surface area contributed by atoms with E-state index in [0.717, 1.165) is 6.42 Å². The Bertz CT molecular complexity index is 893. The summed E-state index contributed by atoms with van der Waals surface area (Å²) in [5.74, 6) is -0.935. The van der Waals surface area contributed by atoms with Gasteiger partial charge in [0.25, 0.3) is 5.69 Å². The first-order chi connectivity index (χ1) is 12.9. The molecular formula is C20H21N3O4. The molecule has 2 amide bonds. The van der Waals surface area contributed by atoms with Gasteiger partial charge in [-0.1, -0.05) is 25.1 Å². The van der Waals surface area contributed by atoms with Gasteiger partial charge in [0, 0.05) is 30.3 Å². The molecule has 3 rings (SSSR count). The first-order valence-electron chi connectivity index (χ1n) is 8.84. The lowest BCUT2D eigenvalue weighted by atomic mass is 10.1. The second-order valence-corrected chi connectivity index (χ2v) is 6.67. The normalized spacial score (nSPS) is 16.4. The molecule has 27 heavy (non-hydrogen) atoms. The van der Waals surface area contributed by atoms with E-state index in [0.29, 0.717) is 16.9 Å². The predicted octanol–water partition coefficient (Wildman–Crippen LogP) is 3.46. The fourth-order valence-electron chi connectivity index (χ4n) is 3.16. The van der Waals surface area contributed by atoms with Crippen LogP contribution in [0.1, 0.15) is 24.5 Å². The number of rotatable bonds is 5. The largest absolute Gasteiger partial charge is 0.326 e. The van der Waals surface area contributed by atoms with Crippen LogP contribution >= 0.6 is 0 Å². The van der Waals surface area contributed by atoms with Crippen molar-refractivity contribution >= 4 is 28.9 Å². The maximum atomic E-state index is 12.5. The van der Waals surface area contributed by atoms with Gasteiger partial charge in [0.15, 0.2) is 0 Å². The van der Waals surface area contributed by atoms with Crippen molar-refractivity contribution in [3.63, 3.8) is 0 Å². The van der Waals surface area contributed by atoms with Gasteiger partial charge < -0.3 is 10.2 Å². The van der Waals surface area contributed by atoms with E-state index in [9.17, 15) is 19.7 Å². The van der Waals surface area contributed by atoms with Crippen molar-refractivity contribution < 1.29 is 14.5 Å². The molecule has 0 bridgehead atoms. The minimum atomic E-state index is -0.497. The fraction of sp³-hybridized carbons (Fsp3) is 0.300. The zero-order valence-corrected chi connectivity index (χ0v) is 15.3. The molecule has 2 aromatic rings. The maximum absolute atomic E-state index is 12.5. The molecule has 2 aromatic carbocycles. The topological polar surface area (TPSA) is 92.6 Å². The zero-order valence-electron chi connectivity index (χ0n) is 15.3. The third kappa shape index (κ3) is 3.97. The van der Waals surface area contributed by atoms with E-state index in [1.54, 1.807) is 19.1 Å². The molecule has 1 aliphatic heterocycles. The fourth-order valence-corrected chi connectivity index (χ4v) is 3.16. The summed E-state index contributed by atoms with van der Waals surface area (Å²) >= 11 is 0. The summed E-state index contributed by atoms with van der Waals surface area (Å²) in [5, 5.41) is 14.0. The second kappa shape index (κ2) is 7.57. The molecule has 0 radical (unpaired) electrons. The monoisotopic (exact) mass is 367 g/mol. The summed E-state index contributed by atoms with van der Waals surface area (Å²) < 4.78 is 0. The average molecular weight is 367 g/mol. The number of carbonyl (C=O) groups is 2. The van der Waals surface area contributed by atoms with Crippen LogP contribution in [0.25, 0.3) is 0 Å². The number of benzene rings is 2. The summed E-state index contributed by atoms with van der Waals surface area (Å²) in [4.78, 5) is 37.0. The van der Waals surface area contributed by atoms with Crippen molar-refractivity contribution in [1.82, 2.24) is 0 Å². The number of nitro groups is 1. The van der Waals surface area contributed by atoms with Crippen molar-refractivity contribution in [2.24, 2.45) is 5.92 Å². The molecule has 1 saturated heterocycles. The molecule has 7 nitrogen and oxygen atoms in total. The van der Waals surface area contributed by atoms with E-state index in [1.165, 1.54) is 16.5 Å². The molecule has 140 valence electrons. The number of aryl methyl sites for hydroxylation is 2. The quantitative estimate of drug-likeness (QED) is 0.647. The molecule has 7 heteroatoms. The number of amides is 2. The third-order valence-corrected chi connectivity index (χ3v) is 4.83. The number of nitrogens with zero attached hydrogens (tertiary/aromatic N) is 2. The van der Waals surface area contributed by atoms with Gasteiger partial charge in [-0.15, -0.1) is 0 Å². The Labute approximate surface area is 157 Å². The first-order valence-corrected chi connectivity index (χ1v) is 8.84. The van der Waals surface area contributed by atoms with Crippen LogP contribution < -0.4 is 10.2 Å². The lowest BCUT2D eigenvalue weighted by molar-refractivity contribution is -0.385. The molecule has 0 spiro atoms. The summed E-state index contributed by atoms with van der Waals surface area (Å²) in [6.45, 7) is 3.91. The van der Waals surface area contributed by atoms with Gasteiger partial charge >= 0.3 is 0 Å². The molecular weight excluding hydrogens is 346 g/mol. The second-order valence-electron chi connectivity index (χ2n) is 6.67. The highest BCUT2D eigenvalue weighted by Gasteiger charge is 2.35. The highest BCUT2D eigenvalue weighted by atomic mass is 16.6.